The molecule has 0 aliphatic heterocycles. The molecule has 0 bridgehead atoms. The van der Waals surface area contributed by atoms with Crippen LogP contribution in [0.2, 0.25) is 0 Å². The lowest BCUT2D eigenvalue weighted by Gasteiger charge is -2.16. The van der Waals surface area contributed by atoms with E-state index in [-0.39, 0.29) is 0 Å². The van der Waals surface area contributed by atoms with E-state index in [4.69, 9.17) is 0 Å². The highest BCUT2D eigenvalue weighted by Crippen LogP contribution is 2.18. The van der Waals surface area contributed by atoms with Gasteiger partial charge in [0.2, 0.25) is 0 Å². The van der Waals surface area contributed by atoms with Crippen molar-refractivity contribution in [1.82, 2.24) is 10.6 Å². The molecule has 0 aliphatic carbocycles. The van der Waals surface area contributed by atoms with Gasteiger partial charge in [-0.15, -0.1) is 0 Å². The fourth-order valence-corrected chi connectivity index (χ4v) is 1.81. The number of rotatable bonds is 7. The third-order valence-electron chi connectivity index (χ3n) is 2.72. The van der Waals surface area contributed by atoms with Crippen LogP contribution in [-0.2, 0) is 0 Å². The third-order valence-corrected chi connectivity index (χ3v) is 2.72. The molecular formula is C13H22N2. The highest BCUT2D eigenvalue weighted by atomic mass is 14.9. The van der Waals surface area contributed by atoms with Crippen LogP contribution in [-0.4, -0.2) is 20.6 Å². The van der Waals surface area contributed by atoms with Crippen LogP contribution >= 0.6 is 0 Å². The molecule has 15 heavy (non-hydrogen) atoms. The molecule has 0 heterocycles. The second kappa shape index (κ2) is 7.43. The molecule has 1 rings (SSSR count). The first kappa shape index (κ1) is 12.2. The minimum atomic E-state index is 0.503. The van der Waals surface area contributed by atoms with Crippen molar-refractivity contribution in [2.45, 2.75) is 25.3 Å². The van der Waals surface area contributed by atoms with Crippen LogP contribution < -0.4 is 10.6 Å². The Morgan fingerprint density at radius 2 is 1.80 bits per heavy atom. The van der Waals surface area contributed by atoms with Gasteiger partial charge in [0.05, 0.1) is 0 Å². The lowest BCUT2D eigenvalue weighted by molar-refractivity contribution is 0.509. The molecule has 2 nitrogen and oxygen atoms in total. The van der Waals surface area contributed by atoms with Crippen molar-refractivity contribution in [3.05, 3.63) is 35.9 Å². The average molecular weight is 206 g/mol. The van der Waals surface area contributed by atoms with Crippen LogP contribution in [0.15, 0.2) is 30.3 Å². The van der Waals surface area contributed by atoms with Crippen molar-refractivity contribution in [2.75, 3.05) is 20.6 Å². The summed E-state index contributed by atoms with van der Waals surface area (Å²) in [4.78, 5) is 0. The molecule has 1 aromatic rings. The smallest absolute Gasteiger partial charge is 0.0317 e. The van der Waals surface area contributed by atoms with Crippen molar-refractivity contribution in [1.29, 1.82) is 0 Å². The first-order valence-corrected chi connectivity index (χ1v) is 5.75. The largest absolute Gasteiger partial charge is 0.320 e. The molecule has 0 spiro atoms. The van der Waals surface area contributed by atoms with E-state index in [1.54, 1.807) is 0 Å². The maximum absolute atomic E-state index is 3.37. The van der Waals surface area contributed by atoms with Crippen molar-refractivity contribution < 1.29 is 0 Å². The molecule has 0 fully saturated rings. The molecule has 0 saturated heterocycles. The number of unbranched alkanes of at least 4 members (excludes halogenated alkanes) is 1. The summed E-state index contributed by atoms with van der Waals surface area (Å²) >= 11 is 0. The highest BCUT2D eigenvalue weighted by Gasteiger charge is 2.07. The number of hydrogen-bond donors (Lipinski definition) is 2. The van der Waals surface area contributed by atoms with E-state index >= 15 is 0 Å². The summed E-state index contributed by atoms with van der Waals surface area (Å²) in [5.41, 5.74) is 1.39. The van der Waals surface area contributed by atoms with Crippen molar-refractivity contribution in [3.63, 3.8) is 0 Å². The summed E-state index contributed by atoms with van der Waals surface area (Å²) in [6.07, 6.45) is 3.73. The molecule has 0 saturated carbocycles. The summed E-state index contributed by atoms with van der Waals surface area (Å²) in [5, 5.41) is 6.55. The van der Waals surface area contributed by atoms with Crippen molar-refractivity contribution in [3.8, 4) is 0 Å². The number of nitrogens with one attached hydrogen (secondary N) is 2. The van der Waals surface area contributed by atoms with Gasteiger partial charge in [-0.25, -0.2) is 0 Å². The second-order valence-electron chi connectivity index (χ2n) is 3.85. The van der Waals surface area contributed by atoms with E-state index in [2.05, 4.69) is 41.0 Å². The zero-order chi connectivity index (χ0) is 10.9. The Balaban J connectivity index is 2.36. The van der Waals surface area contributed by atoms with E-state index in [0.29, 0.717) is 6.04 Å². The Bertz CT molecular complexity index is 246. The molecule has 2 heteroatoms. The Labute approximate surface area is 93.1 Å². The van der Waals surface area contributed by atoms with Gasteiger partial charge >= 0.3 is 0 Å². The monoisotopic (exact) mass is 206 g/mol. The predicted molar refractivity (Wildman–Crippen MR) is 66.0 cm³/mol. The zero-order valence-corrected chi connectivity index (χ0v) is 9.79. The van der Waals surface area contributed by atoms with Crippen molar-refractivity contribution >= 4 is 0 Å². The van der Waals surface area contributed by atoms with Crippen LogP contribution in [0.5, 0.6) is 0 Å². The Hall–Kier alpha value is -0.860. The second-order valence-corrected chi connectivity index (χ2v) is 3.85. The summed E-state index contributed by atoms with van der Waals surface area (Å²) in [5.74, 6) is 0. The van der Waals surface area contributed by atoms with Gasteiger partial charge in [0.25, 0.3) is 0 Å². The molecule has 2 N–H and O–H groups in total. The lowest BCUT2D eigenvalue weighted by atomic mass is 10.0. The average Bonchev–Trinajstić information content (AvgIpc) is 2.30. The van der Waals surface area contributed by atoms with Gasteiger partial charge in [-0.3, -0.25) is 0 Å². The van der Waals surface area contributed by atoms with E-state index < -0.39 is 0 Å². The first-order valence-electron chi connectivity index (χ1n) is 5.75. The van der Waals surface area contributed by atoms with Crippen molar-refractivity contribution in [2.24, 2.45) is 0 Å². The van der Waals surface area contributed by atoms with Crippen LogP contribution in [0.25, 0.3) is 0 Å². The van der Waals surface area contributed by atoms with Gasteiger partial charge < -0.3 is 10.6 Å². The lowest BCUT2D eigenvalue weighted by Crippen LogP contribution is -2.17. The molecule has 1 atom stereocenters. The van der Waals surface area contributed by atoms with Gasteiger partial charge in [0.1, 0.15) is 0 Å². The van der Waals surface area contributed by atoms with E-state index in [1.807, 2.05) is 14.1 Å². The minimum absolute atomic E-state index is 0.503. The predicted octanol–water partition coefficient (Wildman–Crippen LogP) is 2.34. The molecule has 0 aromatic heterocycles. The van der Waals surface area contributed by atoms with Crippen LogP contribution in [0.4, 0.5) is 0 Å². The highest BCUT2D eigenvalue weighted by molar-refractivity contribution is 5.18. The normalized spacial score (nSPS) is 12.7. The van der Waals surface area contributed by atoms with E-state index in [9.17, 15) is 0 Å². The molecule has 84 valence electrons. The number of benzene rings is 1. The maximum Gasteiger partial charge on any atom is 0.0317 e. The Morgan fingerprint density at radius 3 is 2.40 bits per heavy atom. The Morgan fingerprint density at radius 1 is 1.07 bits per heavy atom. The fourth-order valence-electron chi connectivity index (χ4n) is 1.81. The third kappa shape index (κ3) is 4.45. The van der Waals surface area contributed by atoms with E-state index in [1.165, 1.54) is 24.8 Å². The van der Waals surface area contributed by atoms with Gasteiger partial charge in [-0.2, -0.15) is 0 Å². The first-order chi connectivity index (χ1) is 7.38. The summed E-state index contributed by atoms with van der Waals surface area (Å²) in [6.45, 7) is 1.12. The molecule has 0 amide bonds. The van der Waals surface area contributed by atoms with Crippen LogP contribution in [0, 0.1) is 0 Å². The van der Waals surface area contributed by atoms with Gasteiger partial charge in [-0.05, 0) is 39.0 Å². The van der Waals surface area contributed by atoms with Gasteiger partial charge in [-0.1, -0.05) is 36.8 Å². The van der Waals surface area contributed by atoms with E-state index in [0.717, 1.165) is 6.54 Å². The summed E-state index contributed by atoms with van der Waals surface area (Å²) < 4.78 is 0. The van der Waals surface area contributed by atoms with Gasteiger partial charge in [0, 0.05) is 6.04 Å². The quantitative estimate of drug-likeness (QED) is 0.669. The maximum atomic E-state index is 3.37. The number of hydrogen-bond acceptors (Lipinski definition) is 2. The minimum Gasteiger partial charge on any atom is -0.320 e. The topological polar surface area (TPSA) is 24.1 Å². The SMILES string of the molecule is CNCCCCC(NC)c1ccccc1. The summed E-state index contributed by atoms with van der Waals surface area (Å²) in [6, 6.07) is 11.2. The van der Waals surface area contributed by atoms with Gasteiger partial charge in [0.15, 0.2) is 0 Å². The van der Waals surface area contributed by atoms with Crippen LogP contribution in [0.3, 0.4) is 0 Å². The zero-order valence-electron chi connectivity index (χ0n) is 9.79. The van der Waals surface area contributed by atoms with Crippen LogP contribution in [0.1, 0.15) is 30.9 Å². The summed E-state index contributed by atoms with van der Waals surface area (Å²) in [7, 11) is 4.04. The molecule has 1 aromatic carbocycles. The molecular weight excluding hydrogens is 184 g/mol. The molecule has 0 radical (unpaired) electrons. The molecule has 1 unspecified atom stereocenters. The standard InChI is InChI=1S/C13H22N2/c1-14-11-7-6-10-13(15-2)12-8-4-3-5-9-12/h3-5,8-9,13-15H,6-7,10-11H2,1-2H3. The fraction of sp³-hybridized carbons (Fsp3) is 0.538. The Kier molecular flexibility index (Phi) is 6.05. The molecule has 0 aliphatic rings.